The van der Waals surface area contributed by atoms with E-state index in [9.17, 15) is 0 Å². The van der Waals surface area contributed by atoms with Gasteiger partial charge in [-0.3, -0.25) is 0 Å². The van der Waals surface area contributed by atoms with Gasteiger partial charge < -0.3 is 10.3 Å². The smallest absolute Gasteiger partial charge is 0.123 e. The summed E-state index contributed by atoms with van der Waals surface area (Å²) in [6.07, 6.45) is 10.7. The Kier molecular flexibility index (Phi) is 2.55. The Morgan fingerprint density at radius 3 is 2.88 bits per heavy atom. The van der Waals surface area contributed by atoms with E-state index in [0.717, 1.165) is 11.3 Å². The summed E-state index contributed by atoms with van der Waals surface area (Å²) in [5.74, 6) is 0.557. The maximum Gasteiger partial charge on any atom is 0.123 e. The van der Waals surface area contributed by atoms with E-state index in [1.165, 1.54) is 25.7 Å². The Labute approximate surface area is 101 Å². The summed E-state index contributed by atoms with van der Waals surface area (Å²) in [7, 11) is 0. The fourth-order valence-corrected chi connectivity index (χ4v) is 2.61. The van der Waals surface area contributed by atoms with Crippen LogP contribution in [0.5, 0.6) is 0 Å². The van der Waals surface area contributed by atoms with Gasteiger partial charge in [0.15, 0.2) is 0 Å². The lowest BCUT2D eigenvalue weighted by Gasteiger charge is -2.15. The van der Waals surface area contributed by atoms with Crippen molar-refractivity contribution in [2.24, 2.45) is 0 Å². The summed E-state index contributed by atoms with van der Waals surface area (Å²) in [5.41, 5.74) is 7.97. The highest BCUT2D eigenvalue weighted by Crippen LogP contribution is 2.33. The van der Waals surface area contributed by atoms with Crippen LogP contribution in [0.1, 0.15) is 31.7 Å². The van der Waals surface area contributed by atoms with E-state index in [1.54, 1.807) is 6.20 Å². The lowest BCUT2D eigenvalue weighted by molar-refractivity contribution is 0.523. The third-order valence-electron chi connectivity index (χ3n) is 3.46. The van der Waals surface area contributed by atoms with Crippen molar-refractivity contribution in [3.05, 3.63) is 30.9 Å². The zero-order chi connectivity index (χ0) is 11.7. The quantitative estimate of drug-likeness (QED) is 0.859. The predicted octanol–water partition coefficient (Wildman–Crippen LogP) is 2.64. The van der Waals surface area contributed by atoms with Crippen molar-refractivity contribution in [1.29, 1.82) is 0 Å². The van der Waals surface area contributed by atoms with Crippen LogP contribution in [0.2, 0.25) is 0 Å². The summed E-state index contributed by atoms with van der Waals surface area (Å²) in [4.78, 5) is 8.30. The van der Waals surface area contributed by atoms with Crippen molar-refractivity contribution in [2.45, 2.75) is 31.7 Å². The first kappa shape index (κ1) is 10.3. The summed E-state index contributed by atoms with van der Waals surface area (Å²) < 4.78 is 2.28. The molecule has 17 heavy (non-hydrogen) atoms. The first-order valence-electron chi connectivity index (χ1n) is 6.08. The largest absolute Gasteiger partial charge is 0.384 e. The highest BCUT2D eigenvalue weighted by Gasteiger charge is 2.19. The first-order chi connectivity index (χ1) is 8.34. The van der Waals surface area contributed by atoms with Gasteiger partial charge >= 0.3 is 0 Å². The minimum absolute atomic E-state index is 0.557. The van der Waals surface area contributed by atoms with Crippen LogP contribution in [-0.2, 0) is 0 Å². The molecule has 0 radical (unpaired) electrons. The lowest BCUT2D eigenvalue weighted by Crippen LogP contribution is -2.05. The van der Waals surface area contributed by atoms with Gasteiger partial charge in [0.25, 0.3) is 0 Å². The number of anilines is 1. The van der Waals surface area contributed by atoms with Gasteiger partial charge in [-0.2, -0.15) is 0 Å². The van der Waals surface area contributed by atoms with Gasteiger partial charge in [-0.15, -0.1) is 0 Å². The molecule has 4 nitrogen and oxygen atoms in total. The molecule has 0 aromatic carbocycles. The van der Waals surface area contributed by atoms with E-state index in [4.69, 9.17) is 5.73 Å². The SMILES string of the molecule is Nc1cc(-c2cncn2C2CCCC2)ccn1. The normalized spacial score (nSPS) is 16.5. The van der Waals surface area contributed by atoms with Gasteiger partial charge in [-0.1, -0.05) is 12.8 Å². The molecular weight excluding hydrogens is 212 g/mol. The Morgan fingerprint density at radius 1 is 1.29 bits per heavy atom. The molecule has 1 saturated carbocycles. The second kappa shape index (κ2) is 4.20. The van der Waals surface area contributed by atoms with E-state index in [1.807, 2.05) is 24.7 Å². The molecule has 0 atom stereocenters. The fraction of sp³-hybridized carbons (Fsp3) is 0.385. The molecule has 88 valence electrons. The van der Waals surface area contributed by atoms with Crippen molar-refractivity contribution in [3.63, 3.8) is 0 Å². The van der Waals surface area contributed by atoms with Gasteiger partial charge in [0.05, 0.1) is 18.2 Å². The summed E-state index contributed by atoms with van der Waals surface area (Å²) in [5, 5.41) is 0. The number of imidazole rings is 1. The Morgan fingerprint density at radius 2 is 2.12 bits per heavy atom. The fourth-order valence-electron chi connectivity index (χ4n) is 2.61. The molecule has 4 heteroatoms. The van der Waals surface area contributed by atoms with E-state index >= 15 is 0 Å². The molecule has 0 amide bonds. The molecule has 1 aliphatic carbocycles. The zero-order valence-electron chi connectivity index (χ0n) is 9.71. The molecule has 0 aliphatic heterocycles. The summed E-state index contributed by atoms with van der Waals surface area (Å²) >= 11 is 0. The Bertz CT molecular complexity index is 512. The number of nitrogens with two attached hydrogens (primary N) is 1. The molecular formula is C13H16N4. The maximum atomic E-state index is 5.73. The molecule has 0 spiro atoms. The van der Waals surface area contributed by atoms with Crippen LogP contribution in [0.15, 0.2) is 30.9 Å². The van der Waals surface area contributed by atoms with Crippen LogP contribution in [0.4, 0.5) is 5.82 Å². The van der Waals surface area contributed by atoms with Crippen LogP contribution >= 0.6 is 0 Å². The maximum absolute atomic E-state index is 5.73. The molecule has 0 unspecified atom stereocenters. The lowest BCUT2D eigenvalue weighted by atomic mass is 10.1. The number of rotatable bonds is 2. The molecule has 2 N–H and O–H groups in total. The van der Waals surface area contributed by atoms with Crippen molar-refractivity contribution in [2.75, 3.05) is 5.73 Å². The number of aromatic nitrogens is 3. The number of pyridine rings is 1. The second-order valence-electron chi connectivity index (χ2n) is 4.59. The van der Waals surface area contributed by atoms with Crippen LogP contribution in [0, 0.1) is 0 Å². The average molecular weight is 228 g/mol. The minimum atomic E-state index is 0.557. The molecule has 3 rings (SSSR count). The number of nitrogens with zero attached hydrogens (tertiary/aromatic N) is 3. The molecule has 1 aliphatic rings. The van der Waals surface area contributed by atoms with Gasteiger partial charge in [0, 0.05) is 17.8 Å². The van der Waals surface area contributed by atoms with Crippen molar-refractivity contribution in [3.8, 4) is 11.3 Å². The van der Waals surface area contributed by atoms with Crippen LogP contribution in [0.25, 0.3) is 11.3 Å². The standard InChI is InChI=1S/C13H16N4/c14-13-7-10(5-6-16-13)12-8-15-9-17(12)11-3-1-2-4-11/h5-9,11H,1-4H2,(H2,14,16). The van der Waals surface area contributed by atoms with E-state index in [2.05, 4.69) is 14.5 Å². The molecule has 2 aromatic heterocycles. The van der Waals surface area contributed by atoms with E-state index in [-0.39, 0.29) is 0 Å². The van der Waals surface area contributed by atoms with Crippen molar-refractivity contribution >= 4 is 5.82 Å². The van der Waals surface area contributed by atoms with Gasteiger partial charge in [-0.05, 0) is 25.0 Å². The Balaban J connectivity index is 2.00. The van der Waals surface area contributed by atoms with Crippen LogP contribution in [0.3, 0.4) is 0 Å². The first-order valence-corrected chi connectivity index (χ1v) is 6.08. The monoisotopic (exact) mass is 228 g/mol. The third kappa shape index (κ3) is 1.90. The highest BCUT2D eigenvalue weighted by atomic mass is 15.1. The molecule has 0 saturated heterocycles. The topological polar surface area (TPSA) is 56.7 Å². The molecule has 2 heterocycles. The van der Waals surface area contributed by atoms with E-state index < -0.39 is 0 Å². The van der Waals surface area contributed by atoms with Gasteiger partial charge in [0.1, 0.15) is 5.82 Å². The second-order valence-corrected chi connectivity index (χ2v) is 4.59. The minimum Gasteiger partial charge on any atom is -0.384 e. The average Bonchev–Trinajstić information content (AvgIpc) is 3.00. The summed E-state index contributed by atoms with van der Waals surface area (Å²) in [6.45, 7) is 0. The third-order valence-corrected chi connectivity index (χ3v) is 3.46. The highest BCUT2D eigenvalue weighted by molar-refractivity contribution is 5.61. The Hall–Kier alpha value is -1.84. The molecule has 0 bridgehead atoms. The summed E-state index contributed by atoms with van der Waals surface area (Å²) in [6, 6.07) is 4.49. The van der Waals surface area contributed by atoms with Crippen LogP contribution < -0.4 is 5.73 Å². The van der Waals surface area contributed by atoms with Gasteiger partial charge in [0.2, 0.25) is 0 Å². The molecule has 1 fully saturated rings. The number of hydrogen-bond acceptors (Lipinski definition) is 3. The number of hydrogen-bond donors (Lipinski definition) is 1. The van der Waals surface area contributed by atoms with Crippen LogP contribution in [-0.4, -0.2) is 14.5 Å². The predicted molar refractivity (Wildman–Crippen MR) is 67.4 cm³/mol. The van der Waals surface area contributed by atoms with Gasteiger partial charge in [-0.25, -0.2) is 9.97 Å². The molecule has 2 aromatic rings. The van der Waals surface area contributed by atoms with Crippen molar-refractivity contribution in [1.82, 2.24) is 14.5 Å². The van der Waals surface area contributed by atoms with E-state index in [0.29, 0.717) is 11.9 Å². The van der Waals surface area contributed by atoms with Crippen molar-refractivity contribution < 1.29 is 0 Å². The number of nitrogen functional groups attached to an aromatic ring is 1. The zero-order valence-corrected chi connectivity index (χ0v) is 9.71.